The summed E-state index contributed by atoms with van der Waals surface area (Å²) >= 11 is 0. The molecule has 0 nitrogen and oxygen atoms in total. The van der Waals surface area contributed by atoms with Gasteiger partial charge in [-0.25, -0.2) is 0 Å². The largest absolute Gasteiger partial charge is 0.0990 e. The predicted molar refractivity (Wildman–Crippen MR) is 68.6 cm³/mol. The van der Waals surface area contributed by atoms with Crippen molar-refractivity contribution in [1.82, 2.24) is 0 Å². The van der Waals surface area contributed by atoms with Crippen LogP contribution < -0.4 is 0 Å². The number of allylic oxidation sites excluding steroid dienone is 11. The first kappa shape index (κ1) is 11.5. The maximum absolute atomic E-state index is 3.74. The molecule has 0 bridgehead atoms. The van der Waals surface area contributed by atoms with E-state index in [4.69, 9.17) is 0 Å². The Balaban J connectivity index is 3.09. The van der Waals surface area contributed by atoms with Gasteiger partial charge in [0.05, 0.1) is 0 Å². The Morgan fingerprint density at radius 3 is 2.27 bits per heavy atom. The zero-order valence-corrected chi connectivity index (χ0v) is 9.48. The van der Waals surface area contributed by atoms with Gasteiger partial charge in [-0.15, -0.1) is 0 Å². The van der Waals surface area contributed by atoms with Crippen LogP contribution in [-0.2, 0) is 0 Å². The zero-order chi connectivity index (χ0) is 11.1. The van der Waals surface area contributed by atoms with Crippen molar-refractivity contribution < 1.29 is 0 Å². The maximum Gasteiger partial charge on any atom is -0.00752 e. The lowest BCUT2D eigenvalue weighted by atomic mass is 10.1. The van der Waals surface area contributed by atoms with Crippen LogP contribution in [0.1, 0.15) is 13.8 Å². The highest BCUT2D eigenvalue weighted by molar-refractivity contribution is 5.51. The molecule has 0 fully saturated rings. The van der Waals surface area contributed by atoms with E-state index in [1.165, 1.54) is 11.1 Å². The third-order valence-corrected chi connectivity index (χ3v) is 2.26. The molecule has 1 unspecified atom stereocenters. The molecule has 0 saturated carbocycles. The fraction of sp³-hybridized carbons (Fsp3) is 0.200. The molecule has 1 rings (SSSR count). The Kier molecular flexibility index (Phi) is 4.62. The highest BCUT2D eigenvalue weighted by Crippen LogP contribution is 2.20. The second-order valence-electron chi connectivity index (χ2n) is 3.58. The van der Waals surface area contributed by atoms with Gasteiger partial charge in [-0.2, -0.15) is 0 Å². The summed E-state index contributed by atoms with van der Waals surface area (Å²) in [6, 6.07) is 0. The number of hydrogen-bond acceptors (Lipinski definition) is 0. The SMILES string of the molecule is C=C/C=C1/C=CC(C)C=C/C1=C/C=C\C. The summed E-state index contributed by atoms with van der Waals surface area (Å²) in [6.07, 6.45) is 18.8. The van der Waals surface area contributed by atoms with Crippen LogP contribution in [0.15, 0.2) is 72.4 Å². The summed E-state index contributed by atoms with van der Waals surface area (Å²) < 4.78 is 0. The van der Waals surface area contributed by atoms with Gasteiger partial charge in [-0.3, -0.25) is 0 Å². The van der Waals surface area contributed by atoms with Crippen LogP contribution in [0.2, 0.25) is 0 Å². The van der Waals surface area contributed by atoms with Crippen LogP contribution in [0.3, 0.4) is 0 Å². The quantitative estimate of drug-likeness (QED) is 0.618. The zero-order valence-electron chi connectivity index (χ0n) is 9.48. The molecule has 0 heterocycles. The van der Waals surface area contributed by atoms with Crippen molar-refractivity contribution in [3.8, 4) is 0 Å². The van der Waals surface area contributed by atoms with Crippen molar-refractivity contribution in [2.45, 2.75) is 13.8 Å². The van der Waals surface area contributed by atoms with E-state index in [-0.39, 0.29) is 0 Å². The monoisotopic (exact) mass is 198 g/mol. The van der Waals surface area contributed by atoms with Crippen LogP contribution in [0.25, 0.3) is 0 Å². The summed E-state index contributed by atoms with van der Waals surface area (Å²) in [5.74, 6) is 0.495. The Labute approximate surface area is 92.7 Å². The molecule has 15 heavy (non-hydrogen) atoms. The van der Waals surface area contributed by atoms with Gasteiger partial charge < -0.3 is 0 Å². The minimum atomic E-state index is 0.495. The van der Waals surface area contributed by atoms with E-state index in [9.17, 15) is 0 Å². The van der Waals surface area contributed by atoms with Gasteiger partial charge in [0.25, 0.3) is 0 Å². The molecule has 0 aromatic rings. The van der Waals surface area contributed by atoms with Crippen molar-refractivity contribution in [1.29, 1.82) is 0 Å². The Morgan fingerprint density at radius 1 is 1.13 bits per heavy atom. The van der Waals surface area contributed by atoms with Crippen LogP contribution >= 0.6 is 0 Å². The van der Waals surface area contributed by atoms with E-state index in [1.807, 2.05) is 25.2 Å². The van der Waals surface area contributed by atoms with Crippen molar-refractivity contribution in [3.05, 3.63) is 72.4 Å². The van der Waals surface area contributed by atoms with Crippen molar-refractivity contribution in [2.75, 3.05) is 0 Å². The first-order valence-corrected chi connectivity index (χ1v) is 5.30. The van der Waals surface area contributed by atoms with Gasteiger partial charge in [-0.05, 0) is 24.0 Å². The molecule has 0 aliphatic heterocycles. The number of hydrogen-bond donors (Lipinski definition) is 0. The smallest absolute Gasteiger partial charge is 0.00752 e. The summed E-state index contributed by atoms with van der Waals surface area (Å²) in [6.45, 7) is 7.94. The molecule has 0 heteroatoms. The third kappa shape index (κ3) is 3.59. The second kappa shape index (κ2) is 6.02. The normalized spacial score (nSPS) is 26.4. The molecule has 0 radical (unpaired) electrons. The molecule has 1 aliphatic rings. The van der Waals surface area contributed by atoms with E-state index >= 15 is 0 Å². The van der Waals surface area contributed by atoms with E-state index in [0.717, 1.165) is 0 Å². The van der Waals surface area contributed by atoms with Gasteiger partial charge in [0, 0.05) is 0 Å². The molecule has 1 atom stereocenters. The average molecular weight is 198 g/mol. The fourth-order valence-electron chi connectivity index (χ4n) is 1.40. The van der Waals surface area contributed by atoms with Gasteiger partial charge in [-0.1, -0.05) is 68.2 Å². The van der Waals surface area contributed by atoms with Gasteiger partial charge >= 0.3 is 0 Å². The first-order valence-electron chi connectivity index (χ1n) is 5.30. The minimum absolute atomic E-state index is 0.495. The summed E-state index contributed by atoms with van der Waals surface area (Å²) in [7, 11) is 0. The molecule has 0 spiro atoms. The highest BCUT2D eigenvalue weighted by atomic mass is 14.1. The molecule has 78 valence electrons. The molecule has 0 amide bonds. The summed E-state index contributed by atoms with van der Waals surface area (Å²) in [4.78, 5) is 0. The molecular weight excluding hydrogens is 180 g/mol. The lowest BCUT2D eigenvalue weighted by Crippen LogP contribution is -1.80. The Morgan fingerprint density at radius 2 is 1.73 bits per heavy atom. The lowest BCUT2D eigenvalue weighted by Gasteiger charge is -1.99. The van der Waals surface area contributed by atoms with Crippen molar-refractivity contribution in [2.24, 2.45) is 5.92 Å². The van der Waals surface area contributed by atoms with Crippen molar-refractivity contribution >= 4 is 0 Å². The first-order chi connectivity index (χ1) is 7.27. The molecular formula is C15H18. The molecule has 0 saturated heterocycles. The molecule has 0 aromatic heterocycles. The van der Waals surface area contributed by atoms with Crippen LogP contribution in [-0.4, -0.2) is 0 Å². The second-order valence-corrected chi connectivity index (χ2v) is 3.58. The lowest BCUT2D eigenvalue weighted by molar-refractivity contribution is 0.943. The summed E-state index contributed by atoms with van der Waals surface area (Å²) in [5.41, 5.74) is 2.44. The Hall–Kier alpha value is -1.56. The van der Waals surface area contributed by atoms with E-state index in [0.29, 0.717) is 5.92 Å². The average Bonchev–Trinajstić information content (AvgIpc) is 2.40. The standard InChI is InChI=1S/C15H18/c1-4-6-8-15-12-10-13(3)9-11-14(15)7-5-2/h4-13H,2H2,1,3H3/b6-4-,14-7-,15-8-. The number of rotatable bonds is 2. The van der Waals surface area contributed by atoms with Gasteiger partial charge in [0.2, 0.25) is 0 Å². The minimum Gasteiger partial charge on any atom is -0.0990 e. The van der Waals surface area contributed by atoms with Crippen LogP contribution in [0, 0.1) is 5.92 Å². The van der Waals surface area contributed by atoms with Crippen molar-refractivity contribution in [3.63, 3.8) is 0 Å². The maximum atomic E-state index is 3.74. The van der Waals surface area contributed by atoms with Crippen LogP contribution in [0.4, 0.5) is 0 Å². The van der Waals surface area contributed by atoms with Gasteiger partial charge in [0.1, 0.15) is 0 Å². The molecule has 0 N–H and O–H groups in total. The van der Waals surface area contributed by atoms with Gasteiger partial charge in [0.15, 0.2) is 0 Å². The predicted octanol–water partition coefficient (Wildman–Crippen LogP) is 4.36. The molecule has 1 aliphatic carbocycles. The fourth-order valence-corrected chi connectivity index (χ4v) is 1.40. The topological polar surface area (TPSA) is 0 Å². The third-order valence-electron chi connectivity index (χ3n) is 2.26. The highest BCUT2D eigenvalue weighted by Gasteiger charge is 2.02. The van der Waals surface area contributed by atoms with E-state index in [1.54, 1.807) is 0 Å². The molecule has 0 aromatic carbocycles. The summed E-state index contributed by atoms with van der Waals surface area (Å²) in [5, 5.41) is 0. The van der Waals surface area contributed by atoms with Crippen LogP contribution in [0.5, 0.6) is 0 Å². The Bertz CT molecular complexity index is 359. The van der Waals surface area contributed by atoms with E-state index in [2.05, 4.69) is 50.0 Å². The van der Waals surface area contributed by atoms with E-state index < -0.39 is 0 Å².